The van der Waals surface area contributed by atoms with E-state index in [1.165, 1.54) is 0 Å². The lowest BCUT2D eigenvalue weighted by atomic mass is 10.1. The molecule has 0 spiro atoms. The van der Waals surface area contributed by atoms with Crippen molar-refractivity contribution in [1.82, 2.24) is 4.98 Å². The third-order valence-corrected chi connectivity index (χ3v) is 2.12. The standard InChI is InChI=1S/C10H10BrNO/c1-7(2)6-9(13)10-8(11)4-3-5-12-10/h3-5H,1,6H2,2H3. The van der Waals surface area contributed by atoms with E-state index in [2.05, 4.69) is 27.5 Å². The molecule has 0 N–H and O–H groups in total. The van der Waals surface area contributed by atoms with E-state index >= 15 is 0 Å². The minimum absolute atomic E-state index is 0.0000231. The van der Waals surface area contributed by atoms with Gasteiger partial charge in [-0.15, -0.1) is 0 Å². The zero-order valence-electron chi connectivity index (χ0n) is 7.38. The Morgan fingerprint density at radius 1 is 1.69 bits per heavy atom. The van der Waals surface area contributed by atoms with Crippen molar-refractivity contribution in [1.29, 1.82) is 0 Å². The van der Waals surface area contributed by atoms with Crippen molar-refractivity contribution in [3.05, 3.63) is 40.6 Å². The van der Waals surface area contributed by atoms with Crippen molar-refractivity contribution >= 4 is 21.7 Å². The molecule has 1 aromatic rings. The van der Waals surface area contributed by atoms with Crippen molar-refractivity contribution in [2.24, 2.45) is 0 Å². The first-order valence-corrected chi connectivity index (χ1v) is 4.68. The maximum absolute atomic E-state index is 11.5. The summed E-state index contributed by atoms with van der Waals surface area (Å²) in [6, 6.07) is 3.58. The molecule has 0 unspecified atom stereocenters. The Balaban J connectivity index is 2.89. The number of carbonyl (C=O) groups is 1. The Labute approximate surface area is 85.8 Å². The number of hydrogen-bond acceptors (Lipinski definition) is 2. The van der Waals surface area contributed by atoms with Crippen LogP contribution in [0, 0.1) is 0 Å². The minimum atomic E-state index is -0.0000231. The van der Waals surface area contributed by atoms with Crippen LogP contribution in [0.25, 0.3) is 0 Å². The van der Waals surface area contributed by atoms with Gasteiger partial charge < -0.3 is 0 Å². The van der Waals surface area contributed by atoms with Gasteiger partial charge in [0.15, 0.2) is 5.78 Å². The summed E-state index contributed by atoms with van der Waals surface area (Å²) in [6.07, 6.45) is 1.96. The average Bonchev–Trinajstić information content (AvgIpc) is 2.03. The van der Waals surface area contributed by atoms with E-state index in [0.717, 1.165) is 10.0 Å². The molecule has 1 heterocycles. The zero-order valence-corrected chi connectivity index (χ0v) is 8.97. The molecule has 0 aliphatic heterocycles. The fourth-order valence-corrected chi connectivity index (χ4v) is 1.42. The van der Waals surface area contributed by atoms with Crippen LogP contribution in [-0.2, 0) is 0 Å². The summed E-state index contributed by atoms with van der Waals surface area (Å²) >= 11 is 3.27. The summed E-state index contributed by atoms with van der Waals surface area (Å²) in [5.41, 5.74) is 1.33. The highest BCUT2D eigenvalue weighted by Crippen LogP contribution is 2.16. The molecule has 0 saturated carbocycles. The molecule has 0 aliphatic carbocycles. The van der Waals surface area contributed by atoms with Crippen molar-refractivity contribution in [3.8, 4) is 0 Å². The number of Topliss-reactive ketones (excluding diaryl/α,β-unsaturated/α-hetero) is 1. The minimum Gasteiger partial charge on any atom is -0.292 e. The molecule has 0 saturated heterocycles. The first-order valence-electron chi connectivity index (χ1n) is 3.89. The van der Waals surface area contributed by atoms with Gasteiger partial charge in [0.1, 0.15) is 5.69 Å². The summed E-state index contributed by atoms with van der Waals surface area (Å²) in [5.74, 6) is -0.0000231. The Hall–Kier alpha value is -0.960. The van der Waals surface area contributed by atoms with Gasteiger partial charge in [0.25, 0.3) is 0 Å². The van der Waals surface area contributed by atoms with Crippen LogP contribution in [0.2, 0.25) is 0 Å². The molecule has 1 aromatic heterocycles. The molecular formula is C10H10BrNO. The van der Waals surface area contributed by atoms with Gasteiger partial charge in [-0.3, -0.25) is 9.78 Å². The van der Waals surface area contributed by atoms with E-state index in [1.807, 2.05) is 6.92 Å². The van der Waals surface area contributed by atoms with Gasteiger partial charge >= 0.3 is 0 Å². The largest absolute Gasteiger partial charge is 0.292 e. The number of aromatic nitrogens is 1. The van der Waals surface area contributed by atoms with Gasteiger partial charge in [0, 0.05) is 17.1 Å². The summed E-state index contributed by atoms with van der Waals surface area (Å²) in [6.45, 7) is 5.51. The smallest absolute Gasteiger partial charge is 0.186 e. The van der Waals surface area contributed by atoms with Crippen LogP contribution in [0.1, 0.15) is 23.8 Å². The molecule has 0 atom stereocenters. The van der Waals surface area contributed by atoms with Crippen molar-refractivity contribution in [3.63, 3.8) is 0 Å². The number of pyridine rings is 1. The van der Waals surface area contributed by atoms with E-state index in [1.54, 1.807) is 18.3 Å². The first-order chi connectivity index (χ1) is 6.11. The maximum atomic E-state index is 11.5. The van der Waals surface area contributed by atoms with Gasteiger partial charge in [0.2, 0.25) is 0 Å². The number of rotatable bonds is 3. The molecule has 0 aromatic carbocycles. The topological polar surface area (TPSA) is 30.0 Å². The lowest BCUT2D eigenvalue weighted by Crippen LogP contribution is -2.02. The highest BCUT2D eigenvalue weighted by molar-refractivity contribution is 9.10. The van der Waals surface area contributed by atoms with Crippen molar-refractivity contribution in [2.75, 3.05) is 0 Å². The van der Waals surface area contributed by atoms with Gasteiger partial charge in [-0.1, -0.05) is 12.2 Å². The molecular weight excluding hydrogens is 230 g/mol. The second kappa shape index (κ2) is 4.33. The quantitative estimate of drug-likeness (QED) is 0.600. The summed E-state index contributed by atoms with van der Waals surface area (Å²) < 4.78 is 0.737. The zero-order chi connectivity index (χ0) is 9.84. The molecule has 0 aliphatic rings. The summed E-state index contributed by atoms with van der Waals surface area (Å²) in [5, 5.41) is 0. The normalized spacial score (nSPS) is 9.69. The third-order valence-electron chi connectivity index (χ3n) is 1.48. The molecule has 0 fully saturated rings. The fourth-order valence-electron chi connectivity index (χ4n) is 0.949. The van der Waals surface area contributed by atoms with Gasteiger partial charge in [0.05, 0.1) is 0 Å². The third kappa shape index (κ3) is 2.77. The van der Waals surface area contributed by atoms with Crippen LogP contribution in [0.5, 0.6) is 0 Å². The van der Waals surface area contributed by atoms with Gasteiger partial charge in [-0.25, -0.2) is 0 Å². The van der Waals surface area contributed by atoms with Crippen LogP contribution in [-0.4, -0.2) is 10.8 Å². The highest BCUT2D eigenvalue weighted by atomic mass is 79.9. The first kappa shape index (κ1) is 10.1. The lowest BCUT2D eigenvalue weighted by Gasteiger charge is -2.01. The summed E-state index contributed by atoms with van der Waals surface area (Å²) in [7, 11) is 0. The lowest BCUT2D eigenvalue weighted by molar-refractivity contribution is 0.0987. The van der Waals surface area contributed by atoms with Crippen molar-refractivity contribution < 1.29 is 4.79 Å². The number of halogens is 1. The van der Waals surface area contributed by atoms with E-state index in [4.69, 9.17) is 0 Å². The number of hydrogen-bond donors (Lipinski definition) is 0. The van der Waals surface area contributed by atoms with E-state index in [0.29, 0.717) is 12.1 Å². The van der Waals surface area contributed by atoms with Crippen molar-refractivity contribution in [2.45, 2.75) is 13.3 Å². The van der Waals surface area contributed by atoms with Crippen LogP contribution in [0.4, 0.5) is 0 Å². The Kier molecular flexibility index (Phi) is 3.37. The average molecular weight is 240 g/mol. The predicted octanol–water partition coefficient (Wildman–Crippen LogP) is 2.99. The molecule has 1 rings (SSSR count). The molecule has 0 radical (unpaired) electrons. The Bertz CT molecular complexity index is 347. The molecule has 68 valence electrons. The molecule has 0 bridgehead atoms. The summed E-state index contributed by atoms with van der Waals surface area (Å²) in [4.78, 5) is 15.5. The predicted molar refractivity (Wildman–Crippen MR) is 55.7 cm³/mol. The van der Waals surface area contributed by atoms with Crippen LogP contribution < -0.4 is 0 Å². The monoisotopic (exact) mass is 239 g/mol. The highest BCUT2D eigenvalue weighted by Gasteiger charge is 2.10. The molecule has 13 heavy (non-hydrogen) atoms. The second-order valence-electron chi connectivity index (χ2n) is 2.89. The van der Waals surface area contributed by atoms with Gasteiger partial charge in [-0.2, -0.15) is 0 Å². The van der Waals surface area contributed by atoms with Crippen LogP contribution in [0.15, 0.2) is 35.0 Å². The number of carbonyl (C=O) groups excluding carboxylic acids is 1. The van der Waals surface area contributed by atoms with E-state index in [9.17, 15) is 4.79 Å². The maximum Gasteiger partial charge on any atom is 0.186 e. The molecule has 0 amide bonds. The number of ketones is 1. The molecule has 3 heteroatoms. The molecule has 2 nitrogen and oxygen atoms in total. The second-order valence-corrected chi connectivity index (χ2v) is 3.75. The van der Waals surface area contributed by atoms with Crippen LogP contribution in [0.3, 0.4) is 0 Å². The van der Waals surface area contributed by atoms with Crippen LogP contribution >= 0.6 is 15.9 Å². The SMILES string of the molecule is C=C(C)CC(=O)c1ncccc1Br. The Morgan fingerprint density at radius 2 is 2.38 bits per heavy atom. The Morgan fingerprint density at radius 3 is 2.92 bits per heavy atom. The number of nitrogens with zero attached hydrogens (tertiary/aromatic N) is 1. The fraction of sp³-hybridized carbons (Fsp3) is 0.200. The van der Waals surface area contributed by atoms with E-state index < -0.39 is 0 Å². The van der Waals surface area contributed by atoms with Gasteiger partial charge in [-0.05, 0) is 35.0 Å². The van der Waals surface area contributed by atoms with E-state index in [-0.39, 0.29) is 5.78 Å². The number of allylic oxidation sites excluding steroid dienone is 1.